The van der Waals surface area contributed by atoms with Crippen molar-refractivity contribution in [3.63, 3.8) is 0 Å². The maximum atomic E-state index is 12.6. The average molecular weight is 388 g/mol. The monoisotopic (exact) mass is 387 g/mol. The molecule has 1 aliphatic heterocycles. The predicted molar refractivity (Wildman–Crippen MR) is 104 cm³/mol. The van der Waals surface area contributed by atoms with Crippen LogP contribution in [0.25, 0.3) is 5.57 Å². The van der Waals surface area contributed by atoms with Gasteiger partial charge < -0.3 is 4.74 Å². The van der Waals surface area contributed by atoms with Gasteiger partial charge in [0.05, 0.1) is 16.6 Å². The molecule has 0 spiro atoms. The number of carbonyl (C=O) groups excluding carboxylic acids is 2. The lowest BCUT2D eigenvalue weighted by molar-refractivity contribution is -0.134. The van der Waals surface area contributed by atoms with Gasteiger partial charge in [-0.15, -0.1) is 0 Å². The second-order valence-corrected chi connectivity index (χ2v) is 7.64. The van der Waals surface area contributed by atoms with Crippen LogP contribution < -0.4 is 4.74 Å². The van der Waals surface area contributed by atoms with Gasteiger partial charge in [-0.2, -0.15) is 0 Å². The Labute approximate surface area is 161 Å². The Morgan fingerprint density at radius 2 is 1.58 bits per heavy atom. The number of imide groups is 1. The van der Waals surface area contributed by atoms with Gasteiger partial charge in [0, 0.05) is 17.0 Å². The van der Waals surface area contributed by atoms with Crippen LogP contribution in [0.1, 0.15) is 19.4 Å². The summed E-state index contributed by atoms with van der Waals surface area (Å²) in [5.41, 5.74) is 1.11. The second kappa shape index (κ2) is 7.56. The van der Waals surface area contributed by atoms with E-state index in [4.69, 9.17) is 16.3 Å². The van der Waals surface area contributed by atoms with E-state index in [1.807, 2.05) is 38.1 Å². The topological polar surface area (TPSA) is 46.6 Å². The first-order valence-corrected chi connectivity index (χ1v) is 9.33. The minimum Gasteiger partial charge on any atom is -0.491 e. The number of benzene rings is 2. The van der Waals surface area contributed by atoms with Crippen molar-refractivity contribution in [2.24, 2.45) is 0 Å². The van der Waals surface area contributed by atoms with E-state index < -0.39 is 0 Å². The van der Waals surface area contributed by atoms with Crippen molar-refractivity contribution in [3.05, 3.63) is 64.0 Å². The van der Waals surface area contributed by atoms with Crippen LogP contribution in [-0.2, 0) is 9.59 Å². The number of thioether (sulfide) groups is 1. The lowest BCUT2D eigenvalue weighted by Crippen LogP contribution is -2.26. The maximum Gasteiger partial charge on any atom is 0.268 e. The number of ether oxygens (including phenoxy) is 1. The quantitative estimate of drug-likeness (QED) is 0.702. The second-order valence-electron chi connectivity index (χ2n) is 6.12. The van der Waals surface area contributed by atoms with Crippen LogP contribution in [-0.4, -0.2) is 29.9 Å². The summed E-state index contributed by atoms with van der Waals surface area (Å²) >= 11 is 7.19. The number of halogens is 1. The zero-order chi connectivity index (χ0) is 18.8. The molecule has 1 heterocycles. The van der Waals surface area contributed by atoms with Crippen molar-refractivity contribution in [1.82, 2.24) is 4.90 Å². The van der Waals surface area contributed by atoms with Gasteiger partial charge in [-0.1, -0.05) is 35.5 Å². The fraction of sp³-hybridized carbons (Fsp3) is 0.200. The molecule has 0 N–H and O–H groups in total. The molecule has 0 unspecified atom stereocenters. The Kier molecular flexibility index (Phi) is 5.39. The molecule has 1 aliphatic rings. The molecule has 0 atom stereocenters. The molecule has 4 nitrogen and oxygen atoms in total. The molecule has 0 fully saturated rings. The molecule has 26 heavy (non-hydrogen) atoms. The third-order valence-corrected chi connectivity index (χ3v) is 5.14. The van der Waals surface area contributed by atoms with E-state index in [1.54, 1.807) is 24.3 Å². The highest BCUT2D eigenvalue weighted by molar-refractivity contribution is 8.04. The molecule has 3 rings (SSSR count). The molecule has 0 radical (unpaired) electrons. The first-order chi connectivity index (χ1) is 12.4. The van der Waals surface area contributed by atoms with Gasteiger partial charge in [0.15, 0.2) is 0 Å². The standard InChI is InChI=1S/C20H18ClNO3S/c1-12(2)25-15-8-4-13(5-9-15)17-18(20(24)22(3)19(17)23)26-16-10-6-14(21)7-11-16/h4-12H,1-3H3. The summed E-state index contributed by atoms with van der Waals surface area (Å²) in [6, 6.07) is 14.4. The fourth-order valence-electron chi connectivity index (χ4n) is 2.56. The molecule has 2 aromatic carbocycles. The number of carbonyl (C=O) groups is 2. The normalized spacial score (nSPS) is 14.6. The van der Waals surface area contributed by atoms with Crippen LogP contribution in [0.5, 0.6) is 5.75 Å². The van der Waals surface area contributed by atoms with Crippen LogP contribution in [0, 0.1) is 0 Å². The van der Waals surface area contributed by atoms with Gasteiger partial charge in [0.25, 0.3) is 11.8 Å². The highest BCUT2D eigenvalue weighted by Gasteiger charge is 2.37. The summed E-state index contributed by atoms with van der Waals surface area (Å²) in [6.07, 6.45) is 0.0666. The van der Waals surface area contributed by atoms with E-state index in [0.29, 0.717) is 21.1 Å². The van der Waals surface area contributed by atoms with Crippen LogP contribution in [0.15, 0.2) is 58.3 Å². The summed E-state index contributed by atoms with van der Waals surface area (Å²) in [5.74, 6) is 0.123. The Balaban J connectivity index is 1.98. The largest absolute Gasteiger partial charge is 0.491 e. The van der Waals surface area contributed by atoms with Crippen molar-refractivity contribution in [2.45, 2.75) is 24.8 Å². The summed E-state index contributed by atoms with van der Waals surface area (Å²) in [5, 5.41) is 0.621. The van der Waals surface area contributed by atoms with Gasteiger partial charge in [-0.3, -0.25) is 14.5 Å². The molecule has 0 bridgehead atoms. The molecule has 2 aromatic rings. The van der Waals surface area contributed by atoms with Gasteiger partial charge >= 0.3 is 0 Å². The fourth-order valence-corrected chi connectivity index (χ4v) is 3.72. The third-order valence-electron chi connectivity index (χ3n) is 3.79. The molecular weight excluding hydrogens is 370 g/mol. The number of hydrogen-bond acceptors (Lipinski definition) is 4. The van der Waals surface area contributed by atoms with E-state index in [0.717, 1.165) is 15.5 Å². The average Bonchev–Trinajstić information content (AvgIpc) is 2.81. The van der Waals surface area contributed by atoms with Crippen molar-refractivity contribution < 1.29 is 14.3 Å². The predicted octanol–water partition coefficient (Wildman–Crippen LogP) is 4.63. The van der Waals surface area contributed by atoms with Gasteiger partial charge in [0.2, 0.25) is 0 Å². The zero-order valence-electron chi connectivity index (χ0n) is 14.7. The minimum atomic E-state index is -0.302. The first-order valence-electron chi connectivity index (χ1n) is 8.14. The Bertz CT molecular complexity index is 873. The third kappa shape index (κ3) is 3.79. The van der Waals surface area contributed by atoms with Crippen molar-refractivity contribution in [3.8, 4) is 5.75 Å². The summed E-state index contributed by atoms with van der Waals surface area (Å²) in [7, 11) is 1.50. The molecule has 0 saturated heterocycles. The van der Waals surface area contributed by atoms with Gasteiger partial charge in [-0.05, 0) is 55.8 Å². The van der Waals surface area contributed by atoms with Crippen molar-refractivity contribution in [2.75, 3.05) is 7.05 Å². The number of likely N-dealkylation sites (N-methyl/N-ethyl adjacent to an activating group) is 1. The van der Waals surface area contributed by atoms with Crippen molar-refractivity contribution in [1.29, 1.82) is 0 Å². The van der Waals surface area contributed by atoms with Crippen LogP contribution in [0.4, 0.5) is 0 Å². The van der Waals surface area contributed by atoms with Crippen LogP contribution >= 0.6 is 23.4 Å². The number of nitrogens with zero attached hydrogens (tertiary/aromatic N) is 1. The van der Waals surface area contributed by atoms with Crippen LogP contribution in [0.2, 0.25) is 5.02 Å². The Hall–Kier alpha value is -2.24. The highest BCUT2D eigenvalue weighted by atomic mass is 35.5. The minimum absolute atomic E-state index is 0.0666. The Morgan fingerprint density at radius 3 is 2.15 bits per heavy atom. The van der Waals surface area contributed by atoms with E-state index in [1.165, 1.54) is 18.8 Å². The summed E-state index contributed by atoms with van der Waals surface area (Å²) in [6.45, 7) is 3.90. The molecule has 134 valence electrons. The zero-order valence-corrected chi connectivity index (χ0v) is 16.2. The van der Waals surface area contributed by atoms with Crippen molar-refractivity contribution >= 4 is 40.8 Å². The molecular formula is C20H18ClNO3S. The summed E-state index contributed by atoms with van der Waals surface area (Å²) < 4.78 is 5.64. The lowest BCUT2D eigenvalue weighted by atomic mass is 10.1. The maximum absolute atomic E-state index is 12.6. The molecule has 6 heteroatoms. The van der Waals surface area contributed by atoms with Gasteiger partial charge in [-0.25, -0.2) is 0 Å². The first kappa shape index (κ1) is 18.5. The van der Waals surface area contributed by atoms with Crippen LogP contribution in [0.3, 0.4) is 0 Å². The summed E-state index contributed by atoms with van der Waals surface area (Å²) in [4.78, 5) is 27.6. The SMILES string of the molecule is CC(C)Oc1ccc(C2=C(Sc3ccc(Cl)cc3)C(=O)N(C)C2=O)cc1. The highest BCUT2D eigenvalue weighted by Crippen LogP contribution is 2.39. The van der Waals surface area contributed by atoms with Gasteiger partial charge in [0.1, 0.15) is 5.75 Å². The number of amides is 2. The molecule has 0 aliphatic carbocycles. The van der Waals surface area contributed by atoms with E-state index >= 15 is 0 Å². The smallest absolute Gasteiger partial charge is 0.268 e. The van der Waals surface area contributed by atoms with E-state index in [-0.39, 0.29) is 17.9 Å². The molecule has 0 saturated carbocycles. The lowest BCUT2D eigenvalue weighted by Gasteiger charge is -2.10. The molecule has 2 amide bonds. The number of rotatable bonds is 5. The van der Waals surface area contributed by atoms with E-state index in [9.17, 15) is 9.59 Å². The number of hydrogen-bond donors (Lipinski definition) is 0. The van der Waals surface area contributed by atoms with E-state index in [2.05, 4.69) is 0 Å². The Morgan fingerprint density at radius 1 is 0.962 bits per heavy atom. The molecule has 0 aromatic heterocycles.